The summed E-state index contributed by atoms with van der Waals surface area (Å²) in [6.07, 6.45) is 2.60. The first-order valence-corrected chi connectivity index (χ1v) is 11.0. The van der Waals surface area contributed by atoms with Gasteiger partial charge in [-0.3, -0.25) is 9.78 Å². The average molecular weight is 418 g/mol. The Morgan fingerprint density at radius 1 is 1.07 bits per heavy atom. The number of carbonyl (C=O) groups excluding carboxylic acids is 1. The molecule has 0 unspecified atom stereocenters. The molecule has 0 aliphatic carbocycles. The molecular weight excluding hydrogens is 398 g/mol. The quantitative estimate of drug-likeness (QED) is 0.614. The molecule has 28 heavy (non-hydrogen) atoms. The van der Waals surface area contributed by atoms with Gasteiger partial charge in [-0.2, -0.15) is 3.97 Å². The maximum absolute atomic E-state index is 12.7. The Labute approximate surface area is 167 Å². The number of benzene rings is 1. The summed E-state index contributed by atoms with van der Waals surface area (Å²) in [4.78, 5) is 16.9. The molecule has 1 amide bonds. The van der Waals surface area contributed by atoms with Gasteiger partial charge in [-0.05, 0) is 38.1 Å². The third-order valence-electron chi connectivity index (χ3n) is 3.75. The van der Waals surface area contributed by atoms with E-state index < -0.39 is 14.8 Å². The van der Waals surface area contributed by atoms with Crippen LogP contribution in [0.25, 0.3) is 11.5 Å². The fraction of sp³-hybridized carbons (Fsp3) is 0.222. The van der Waals surface area contributed by atoms with Crippen LogP contribution in [0.5, 0.6) is 0 Å². The molecule has 8 nitrogen and oxygen atoms in total. The number of carbonyl (C=O) groups is 1. The van der Waals surface area contributed by atoms with Crippen LogP contribution in [0.2, 0.25) is 0 Å². The SMILES string of the molecule is CC(C)(Sc1nnc(-c2ccccn2)n1S(C)(=O)=O)C(=O)Nc1ccccc1. The number of amides is 1. The van der Waals surface area contributed by atoms with Crippen molar-refractivity contribution in [3.63, 3.8) is 0 Å². The highest BCUT2D eigenvalue weighted by Crippen LogP contribution is 2.34. The second-order valence-corrected chi connectivity index (χ2v) is 9.90. The lowest BCUT2D eigenvalue weighted by Gasteiger charge is -2.22. The molecule has 3 aromatic rings. The highest BCUT2D eigenvalue weighted by molar-refractivity contribution is 8.01. The van der Waals surface area contributed by atoms with Crippen molar-refractivity contribution in [2.45, 2.75) is 23.8 Å². The second kappa shape index (κ2) is 7.72. The van der Waals surface area contributed by atoms with Crippen molar-refractivity contribution in [1.82, 2.24) is 19.2 Å². The van der Waals surface area contributed by atoms with Crippen molar-refractivity contribution in [2.24, 2.45) is 0 Å². The van der Waals surface area contributed by atoms with Gasteiger partial charge in [0.1, 0.15) is 5.69 Å². The second-order valence-electron chi connectivity index (χ2n) is 6.48. The van der Waals surface area contributed by atoms with E-state index in [1.807, 2.05) is 18.2 Å². The number of aromatic nitrogens is 4. The molecule has 0 saturated carbocycles. The van der Waals surface area contributed by atoms with E-state index in [4.69, 9.17) is 0 Å². The fourth-order valence-electron chi connectivity index (χ4n) is 2.35. The first-order valence-electron chi connectivity index (χ1n) is 8.31. The highest BCUT2D eigenvalue weighted by Gasteiger charge is 2.34. The van der Waals surface area contributed by atoms with Gasteiger partial charge >= 0.3 is 0 Å². The summed E-state index contributed by atoms with van der Waals surface area (Å²) in [5, 5.41) is 10.9. The van der Waals surface area contributed by atoms with Crippen molar-refractivity contribution >= 4 is 33.4 Å². The molecule has 2 heterocycles. The maximum Gasteiger partial charge on any atom is 0.240 e. The molecule has 0 spiro atoms. The summed E-state index contributed by atoms with van der Waals surface area (Å²) in [6.45, 7) is 3.38. The van der Waals surface area contributed by atoms with Crippen LogP contribution in [0.1, 0.15) is 13.8 Å². The van der Waals surface area contributed by atoms with Gasteiger partial charge in [-0.1, -0.05) is 36.0 Å². The van der Waals surface area contributed by atoms with Crippen LogP contribution in [0.3, 0.4) is 0 Å². The molecule has 0 radical (unpaired) electrons. The zero-order valence-electron chi connectivity index (χ0n) is 15.5. The first-order chi connectivity index (χ1) is 13.2. The van der Waals surface area contributed by atoms with Gasteiger partial charge in [0, 0.05) is 11.9 Å². The van der Waals surface area contributed by atoms with E-state index in [1.54, 1.807) is 50.4 Å². The van der Waals surface area contributed by atoms with Gasteiger partial charge in [0.25, 0.3) is 0 Å². The Morgan fingerprint density at radius 3 is 2.36 bits per heavy atom. The molecule has 1 N–H and O–H groups in total. The molecule has 0 atom stereocenters. The minimum absolute atomic E-state index is 0.0939. The Hall–Kier alpha value is -2.72. The number of nitrogens with one attached hydrogen (secondary N) is 1. The molecule has 3 rings (SSSR count). The largest absolute Gasteiger partial charge is 0.325 e. The summed E-state index contributed by atoms with van der Waals surface area (Å²) in [5.41, 5.74) is 1.03. The molecule has 0 aliphatic heterocycles. The lowest BCUT2D eigenvalue weighted by atomic mass is 10.2. The van der Waals surface area contributed by atoms with Crippen LogP contribution < -0.4 is 5.32 Å². The Balaban J connectivity index is 1.93. The summed E-state index contributed by atoms with van der Waals surface area (Å²) in [5.74, 6) is -0.184. The lowest BCUT2D eigenvalue weighted by molar-refractivity contribution is -0.117. The molecular formula is C18H19N5O3S2. The smallest absolute Gasteiger partial charge is 0.240 e. The molecule has 1 aromatic carbocycles. The van der Waals surface area contributed by atoms with E-state index in [2.05, 4.69) is 20.5 Å². The molecule has 2 aromatic heterocycles. The molecule has 0 bridgehead atoms. The van der Waals surface area contributed by atoms with E-state index in [0.717, 1.165) is 22.0 Å². The minimum Gasteiger partial charge on any atom is -0.325 e. The van der Waals surface area contributed by atoms with E-state index in [9.17, 15) is 13.2 Å². The van der Waals surface area contributed by atoms with Crippen molar-refractivity contribution in [1.29, 1.82) is 0 Å². The Morgan fingerprint density at radius 2 is 1.75 bits per heavy atom. The van der Waals surface area contributed by atoms with Crippen LogP contribution in [-0.2, 0) is 14.8 Å². The zero-order chi connectivity index (χ0) is 20.4. The normalized spacial score (nSPS) is 12.0. The predicted molar refractivity (Wildman–Crippen MR) is 109 cm³/mol. The van der Waals surface area contributed by atoms with E-state index in [1.165, 1.54) is 0 Å². The van der Waals surface area contributed by atoms with Crippen LogP contribution in [0.4, 0.5) is 5.69 Å². The van der Waals surface area contributed by atoms with Gasteiger partial charge < -0.3 is 5.32 Å². The Bertz CT molecular complexity index is 1080. The predicted octanol–water partition coefficient (Wildman–Crippen LogP) is 2.66. The van der Waals surface area contributed by atoms with Crippen molar-refractivity contribution in [3.8, 4) is 11.5 Å². The molecule has 10 heteroatoms. The van der Waals surface area contributed by atoms with Gasteiger partial charge in [0.05, 0.1) is 11.0 Å². The third-order valence-corrected chi connectivity index (χ3v) is 6.01. The average Bonchev–Trinajstić information content (AvgIpc) is 3.06. The number of rotatable bonds is 6. The zero-order valence-corrected chi connectivity index (χ0v) is 17.2. The molecule has 0 saturated heterocycles. The van der Waals surface area contributed by atoms with Crippen molar-refractivity contribution < 1.29 is 13.2 Å². The van der Waals surface area contributed by atoms with Crippen LogP contribution in [0.15, 0.2) is 59.9 Å². The minimum atomic E-state index is -3.73. The van der Waals surface area contributed by atoms with Crippen molar-refractivity contribution in [2.75, 3.05) is 11.6 Å². The fourth-order valence-corrected chi connectivity index (χ4v) is 4.48. The number of nitrogens with zero attached hydrogens (tertiary/aromatic N) is 4. The van der Waals surface area contributed by atoms with Crippen LogP contribution in [-0.4, -0.2) is 44.5 Å². The molecule has 0 aliphatic rings. The standard InChI is InChI=1S/C18H19N5O3S2/c1-18(2,16(24)20-13-9-5-4-6-10-13)27-17-22-21-15(23(17)28(3,25)26)14-11-7-8-12-19-14/h4-12H,1-3H3,(H,20,24). The van der Waals surface area contributed by atoms with Crippen LogP contribution >= 0.6 is 11.8 Å². The molecule has 146 valence electrons. The number of anilines is 1. The molecule has 0 fully saturated rings. The monoisotopic (exact) mass is 417 g/mol. The number of pyridine rings is 1. The highest BCUT2D eigenvalue weighted by atomic mass is 32.2. The van der Waals surface area contributed by atoms with E-state index in [-0.39, 0.29) is 16.9 Å². The summed E-state index contributed by atoms with van der Waals surface area (Å²) < 4.78 is 24.8. The van der Waals surface area contributed by atoms with E-state index >= 15 is 0 Å². The summed E-state index contributed by atoms with van der Waals surface area (Å²) >= 11 is 1.01. The number of para-hydroxylation sites is 1. The van der Waals surface area contributed by atoms with Crippen molar-refractivity contribution in [3.05, 3.63) is 54.7 Å². The first kappa shape index (κ1) is 20.0. The summed E-state index contributed by atoms with van der Waals surface area (Å²) in [7, 11) is -3.73. The van der Waals surface area contributed by atoms with Crippen LogP contribution in [0, 0.1) is 0 Å². The third kappa shape index (κ3) is 4.39. The number of hydrogen-bond donors (Lipinski definition) is 1. The van der Waals surface area contributed by atoms with Gasteiger partial charge in [0.2, 0.25) is 21.1 Å². The summed E-state index contributed by atoms with van der Waals surface area (Å²) in [6, 6.07) is 14.1. The number of thioether (sulfide) groups is 1. The lowest BCUT2D eigenvalue weighted by Crippen LogP contribution is -2.34. The Kier molecular flexibility index (Phi) is 5.52. The number of hydrogen-bond acceptors (Lipinski definition) is 7. The van der Waals surface area contributed by atoms with E-state index in [0.29, 0.717) is 11.4 Å². The van der Waals surface area contributed by atoms with Gasteiger partial charge in [0.15, 0.2) is 5.82 Å². The van der Waals surface area contributed by atoms with Gasteiger partial charge in [-0.25, -0.2) is 8.42 Å². The maximum atomic E-state index is 12.7. The van der Waals surface area contributed by atoms with Gasteiger partial charge in [-0.15, -0.1) is 10.2 Å². The topological polar surface area (TPSA) is 107 Å².